The van der Waals surface area contributed by atoms with Crippen molar-refractivity contribution >= 4 is 11.3 Å². The van der Waals surface area contributed by atoms with Crippen LogP contribution in [-0.4, -0.2) is 23.2 Å². The normalized spacial score (nSPS) is 18.4. The Labute approximate surface area is 88.2 Å². The van der Waals surface area contributed by atoms with E-state index in [1.54, 1.807) is 11.3 Å². The van der Waals surface area contributed by atoms with Gasteiger partial charge in [-0.3, -0.25) is 0 Å². The van der Waals surface area contributed by atoms with Gasteiger partial charge in [-0.05, 0) is 32.2 Å². The molecule has 78 valence electrons. The van der Waals surface area contributed by atoms with E-state index >= 15 is 0 Å². The van der Waals surface area contributed by atoms with E-state index in [1.165, 1.54) is 12.8 Å². The maximum atomic E-state index is 9.22. The first kappa shape index (κ1) is 10.1. The first-order valence-corrected chi connectivity index (χ1v) is 5.94. The number of nitrogens with zero attached hydrogens (tertiary/aromatic N) is 1. The van der Waals surface area contributed by atoms with Crippen molar-refractivity contribution < 1.29 is 5.11 Å². The molecule has 0 bridgehead atoms. The van der Waals surface area contributed by atoms with Crippen LogP contribution >= 0.6 is 11.3 Å². The van der Waals surface area contributed by atoms with Crippen LogP contribution in [-0.2, 0) is 0 Å². The zero-order valence-corrected chi connectivity index (χ0v) is 9.18. The molecule has 1 fully saturated rings. The van der Waals surface area contributed by atoms with Crippen LogP contribution in [0.3, 0.4) is 0 Å². The average Bonchev–Trinajstić information content (AvgIpc) is 2.90. The molecule has 2 rings (SSSR count). The summed E-state index contributed by atoms with van der Waals surface area (Å²) in [6.07, 6.45) is 2.67. The Bertz CT molecular complexity index is 296. The van der Waals surface area contributed by atoms with E-state index in [-0.39, 0.29) is 12.6 Å². The molecule has 0 saturated heterocycles. The van der Waals surface area contributed by atoms with Crippen molar-refractivity contribution in [1.29, 1.82) is 0 Å². The molecule has 14 heavy (non-hydrogen) atoms. The van der Waals surface area contributed by atoms with Gasteiger partial charge in [0, 0.05) is 5.38 Å². The average molecular weight is 212 g/mol. The second-order valence-electron chi connectivity index (χ2n) is 3.88. The number of aliphatic hydroxyl groups excluding tert-OH is 1. The van der Waals surface area contributed by atoms with E-state index in [9.17, 15) is 5.11 Å². The third-order valence-electron chi connectivity index (χ3n) is 2.53. The van der Waals surface area contributed by atoms with Gasteiger partial charge in [0.2, 0.25) is 0 Å². The monoisotopic (exact) mass is 212 g/mol. The molecule has 2 N–H and O–H groups in total. The van der Waals surface area contributed by atoms with Crippen LogP contribution in [0.15, 0.2) is 5.38 Å². The summed E-state index contributed by atoms with van der Waals surface area (Å²) >= 11 is 1.64. The Morgan fingerprint density at radius 2 is 2.50 bits per heavy atom. The fourth-order valence-electron chi connectivity index (χ4n) is 1.43. The second kappa shape index (κ2) is 4.38. The lowest BCUT2D eigenvalue weighted by Crippen LogP contribution is -2.26. The predicted octanol–water partition coefficient (Wildman–Crippen LogP) is 1.48. The van der Waals surface area contributed by atoms with E-state index in [1.807, 2.05) is 12.3 Å². The van der Waals surface area contributed by atoms with E-state index in [0.29, 0.717) is 0 Å². The number of hydrogen-bond donors (Lipinski definition) is 2. The van der Waals surface area contributed by atoms with Gasteiger partial charge < -0.3 is 10.4 Å². The highest BCUT2D eigenvalue weighted by atomic mass is 32.1. The van der Waals surface area contributed by atoms with E-state index in [2.05, 4.69) is 10.3 Å². The van der Waals surface area contributed by atoms with Gasteiger partial charge in [-0.25, -0.2) is 4.98 Å². The summed E-state index contributed by atoms with van der Waals surface area (Å²) in [7, 11) is 0. The highest BCUT2D eigenvalue weighted by Gasteiger charge is 2.23. The molecule has 1 heterocycles. The van der Waals surface area contributed by atoms with Gasteiger partial charge in [0.05, 0.1) is 23.4 Å². The number of aromatic nitrogens is 1. The minimum Gasteiger partial charge on any atom is -0.394 e. The quantitative estimate of drug-likeness (QED) is 0.777. The van der Waals surface area contributed by atoms with Gasteiger partial charge in [0.1, 0.15) is 0 Å². The zero-order valence-electron chi connectivity index (χ0n) is 8.36. The molecule has 0 amide bonds. The smallest absolute Gasteiger partial charge is 0.0898 e. The maximum Gasteiger partial charge on any atom is 0.0898 e. The molecule has 1 atom stereocenters. The molecule has 3 nitrogen and oxygen atoms in total. The molecule has 1 aromatic rings. The number of rotatable bonds is 5. The maximum absolute atomic E-state index is 9.22. The Balaban J connectivity index is 1.90. The molecule has 0 aliphatic heterocycles. The van der Waals surface area contributed by atoms with Crippen LogP contribution in [0.25, 0.3) is 0 Å². The lowest BCUT2D eigenvalue weighted by atomic mass is 10.2. The van der Waals surface area contributed by atoms with Crippen molar-refractivity contribution in [2.24, 2.45) is 5.92 Å². The number of aryl methyl sites for hydroxylation is 1. The standard InChI is InChI=1S/C10H16N2OS/c1-7-12-10(6-14-7)9(5-13)11-4-8-2-3-8/h6,8-9,11,13H,2-5H2,1H3. The van der Waals surface area contributed by atoms with Gasteiger partial charge in [-0.15, -0.1) is 11.3 Å². The minimum atomic E-state index is 0.0283. The largest absolute Gasteiger partial charge is 0.394 e. The summed E-state index contributed by atoms with van der Waals surface area (Å²) < 4.78 is 0. The number of thiazole rings is 1. The molecule has 0 spiro atoms. The number of aliphatic hydroxyl groups is 1. The molecule has 1 aliphatic carbocycles. The highest BCUT2D eigenvalue weighted by Crippen LogP contribution is 2.28. The summed E-state index contributed by atoms with van der Waals surface area (Å²) in [5, 5.41) is 15.7. The first-order chi connectivity index (χ1) is 6.79. The van der Waals surface area contributed by atoms with E-state index in [0.717, 1.165) is 23.2 Å². The lowest BCUT2D eigenvalue weighted by molar-refractivity contribution is 0.241. The van der Waals surface area contributed by atoms with Crippen LogP contribution < -0.4 is 5.32 Å². The second-order valence-corrected chi connectivity index (χ2v) is 4.94. The molecule has 4 heteroatoms. The van der Waals surface area contributed by atoms with Gasteiger partial charge in [0.25, 0.3) is 0 Å². The Hall–Kier alpha value is -0.450. The van der Waals surface area contributed by atoms with Crippen LogP contribution in [0.1, 0.15) is 29.6 Å². The fourth-order valence-corrected chi connectivity index (χ4v) is 2.10. The van der Waals surface area contributed by atoms with Gasteiger partial charge in [0.15, 0.2) is 0 Å². The molecular weight excluding hydrogens is 196 g/mol. The Kier molecular flexibility index (Phi) is 3.15. The van der Waals surface area contributed by atoms with Crippen molar-refractivity contribution in [2.45, 2.75) is 25.8 Å². The minimum absolute atomic E-state index is 0.0283. The van der Waals surface area contributed by atoms with Crippen LogP contribution in [0.2, 0.25) is 0 Å². The van der Waals surface area contributed by atoms with Crippen molar-refractivity contribution in [3.05, 3.63) is 16.1 Å². The summed E-state index contributed by atoms with van der Waals surface area (Å²) in [5.74, 6) is 0.837. The molecular formula is C10H16N2OS. The van der Waals surface area contributed by atoms with Crippen molar-refractivity contribution in [2.75, 3.05) is 13.2 Å². The lowest BCUT2D eigenvalue weighted by Gasteiger charge is -2.13. The fraction of sp³-hybridized carbons (Fsp3) is 0.700. The van der Waals surface area contributed by atoms with Crippen LogP contribution in [0.5, 0.6) is 0 Å². The molecule has 1 aromatic heterocycles. The third-order valence-corrected chi connectivity index (χ3v) is 3.32. The van der Waals surface area contributed by atoms with Gasteiger partial charge in [-0.1, -0.05) is 0 Å². The highest BCUT2D eigenvalue weighted by molar-refractivity contribution is 7.09. The first-order valence-electron chi connectivity index (χ1n) is 5.06. The molecule has 1 aliphatic rings. The molecule has 1 saturated carbocycles. The summed E-state index contributed by atoms with van der Waals surface area (Å²) in [4.78, 5) is 4.38. The summed E-state index contributed by atoms with van der Waals surface area (Å²) in [5.41, 5.74) is 0.982. The molecule has 1 unspecified atom stereocenters. The Morgan fingerprint density at radius 3 is 3.00 bits per heavy atom. The molecule has 0 radical (unpaired) electrons. The van der Waals surface area contributed by atoms with E-state index in [4.69, 9.17) is 0 Å². The van der Waals surface area contributed by atoms with Gasteiger partial charge in [-0.2, -0.15) is 0 Å². The topological polar surface area (TPSA) is 45.2 Å². The predicted molar refractivity (Wildman–Crippen MR) is 57.4 cm³/mol. The Morgan fingerprint density at radius 1 is 1.71 bits per heavy atom. The van der Waals surface area contributed by atoms with Crippen molar-refractivity contribution in [1.82, 2.24) is 10.3 Å². The van der Waals surface area contributed by atoms with Gasteiger partial charge >= 0.3 is 0 Å². The third kappa shape index (κ3) is 2.53. The number of hydrogen-bond acceptors (Lipinski definition) is 4. The van der Waals surface area contributed by atoms with Crippen molar-refractivity contribution in [3.63, 3.8) is 0 Å². The zero-order chi connectivity index (χ0) is 9.97. The van der Waals surface area contributed by atoms with Crippen molar-refractivity contribution in [3.8, 4) is 0 Å². The summed E-state index contributed by atoms with van der Waals surface area (Å²) in [6.45, 7) is 3.14. The van der Waals surface area contributed by atoms with Crippen LogP contribution in [0, 0.1) is 12.8 Å². The molecule has 0 aromatic carbocycles. The van der Waals surface area contributed by atoms with Crippen LogP contribution in [0.4, 0.5) is 0 Å². The SMILES string of the molecule is Cc1nc(C(CO)NCC2CC2)cs1. The summed E-state index contributed by atoms with van der Waals surface area (Å²) in [6, 6.07) is 0.0283. The number of nitrogens with one attached hydrogen (secondary N) is 1. The van der Waals surface area contributed by atoms with E-state index < -0.39 is 0 Å².